The molecule has 10 aromatic rings. The zero-order chi connectivity index (χ0) is 76.5. The third-order valence-corrected chi connectivity index (χ3v) is 22.2. The summed E-state index contributed by atoms with van der Waals surface area (Å²) >= 11 is 0. The molecule has 103 heavy (non-hydrogen) atoms. The van der Waals surface area contributed by atoms with Crippen LogP contribution in [0.3, 0.4) is 0 Å². The normalized spacial score (nSPS) is 12.0. The second kappa shape index (κ2) is 30.7. The highest BCUT2D eigenvalue weighted by molar-refractivity contribution is 7.97. The maximum atomic E-state index is 14.1. The van der Waals surface area contributed by atoms with Crippen molar-refractivity contribution in [2.24, 2.45) is 0 Å². The van der Waals surface area contributed by atoms with Crippen LogP contribution in [0.15, 0.2) is 207 Å². The number of alkyl halides is 4. The fourth-order valence-electron chi connectivity index (χ4n) is 8.35. The molecule has 0 fully saturated rings. The van der Waals surface area contributed by atoms with Gasteiger partial charge in [-0.25, -0.2) is 87.8 Å². The van der Waals surface area contributed by atoms with E-state index in [1.807, 2.05) is 0 Å². The number of hydrogen-bond acceptors (Lipinski definition) is 12. The van der Waals surface area contributed by atoms with Crippen molar-refractivity contribution in [3.8, 4) is 23.0 Å². The Labute approximate surface area is 567 Å². The summed E-state index contributed by atoms with van der Waals surface area (Å²) in [6.45, 7) is 0. The highest BCUT2D eigenvalue weighted by Gasteiger charge is 2.41. The maximum absolute atomic E-state index is 14.1. The summed E-state index contributed by atoms with van der Waals surface area (Å²) in [6.07, 6.45) is -5.50. The van der Waals surface area contributed by atoms with Crippen molar-refractivity contribution < 1.29 is 156 Å². The van der Waals surface area contributed by atoms with Gasteiger partial charge < -0.3 is 16.7 Å². The van der Waals surface area contributed by atoms with Crippen LogP contribution in [0.1, 0.15) is 0 Å². The molecule has 12 nitrogen and oxygen atoms in total. The Balaban J connectivity index is 0.000000245. The van der Waals surface area contributed by atoms with Crippen LogP contribution in [0.5, 0.6) is 23.0 Å². The van der Waals surface area contributed by atoms with Crippen LogP contribution in [0.2, 0.25) is 0 Å². The molecule has 544 valence electrons. The Morgan fingerprint density at radius 3 is 0.476 bits per heavy atom. The minimum absolute atomic E-state index is 0.398. The zero-order valence-corrected chi connectivity index (χ0v) is 53.8. The summed E-state index contributed by atoms with van der Waals surface area (Å²) in [4.78, 5) is -6.03. The van der Waals surface area contributed by atoms with Gasteiger partial charge in [0.25, 0.3) is 0 Å². The standard InChI is InChI=1S/2C30H13F10O6S3.CF4/c2*31-19-21(33)25(37)29(26(38)22(19)34)48(41,42)45-14-6-10-17(11-7-14)47(16-4-2-1-3-5-16)18-12-8-15(9-13-18)46-49(43,44)30-27(39)23(35)20(32)24(36)28(30)40;2-1(3,4)5/h2*1-13H;/q2*+1;. The first kappa shape index (κ1) is 78.9. The molecule has 0 atom stereocenters. The van der Waals surface area contributed by atoms with Gasteiger partial charge in [0.05, 0.1) is 21.8 Å². The van der Waals surface area contributed by atoms with E-state index in [2.05, 4.69) is 16.7 Å². The minimum atomic E-state index is -5.59. The molecule has 0 aliphatic carbocycles. The molecule has 0 radical (unpaired) electrons. The van der Waals surface area contributed by atoms with Gasteiger partial charge in [0.1, 0.15) is 23.0 Å². The summed E-state index contributed by atoms with van der Waals surface area (Å²) in [5.41, 5.74) is 0. The molecule has 10 rings (SSSR count). The molecule has 0 saturated carbocycles. The van der Waals surface area contributed by atoms with E-state index in [1.165, 1.54) is 48.5 Å². The first-order chi connectivity index (χ1) is 47.9. The lowest BCUT2D eigenvalue weighted by Crippen LogP contribution is -2.17. The molecule has 0 bridgehead atoms. The molecular formula is C61H26F24O12S6+2. The topological polar surface area (TPSA) is 173 Å². The lowest BCUT2D eigenvalue weighted by molar-refractivity contribution is -0.237. The SMILES string of the molecule is FC(F)(F)F.O=S(=O)(Oc1ccc([S+](c2ccccc2)c2ccc(OS(=O)(=O)c3c(F)c(F)c(F)c(F)c3F)cc2)cc1)c1c(F)c(F)c(F)c(F)c1F.O=S(=O)(Oc1ccc([S+](c2ccccc2)c2ccc(OS(=O)(=O)c3c(F)c(F)c(F)c(F)c3F)cc2)cc1)c1c(F)c(F)c(F)c(F)c1F. The second-order valence-corrected chi connectivity index (χ2v) is 29.3. The minimum Gasteiger partial charge on any atom is -0.379 e. The van der Waals surface area contributed by atoms with E-state index in [4.69, 9.17) is 0 Å². The highest BCUT2D eigenvalue weighted by Crippen LogP contribution is 2.39. The van der Waals surface area contributed by atoms with Gasteiger partial charge >= 0.3 is 46.9 Å². The van der Waals surface area contributed by atoms with Crippen LogP contribution in [-0.2, 0) is 62.3 Å². The van der Waals surface area contributed by atoms with E-state index < -0.39 is 228 Å². The Hall–Kier alpha value is -9.78. The van der Waals surface area contributed by atoms with E-state index in [0.29, 0.717) is 29.4 Å². The van der Waals surface area contributed by atoms with Crippen LogP contribution >= 0.6 is 0 Å². The molecular weight excluding hydrogens is 1570 g/mol. The van der Waals surface area contributed by atoms with Gasteiger partial charge in [-0.2, -0.15) is 33.7 Å². The molecule has 42 heteroatoms. The van der Waals surface area contributed by atoms with E-state index in [-0.39, 0.29) is 0 Å². The predicted molar refractivity (Wildman–Crippen MR) is 306 cm³/mol. The molecule has 0 unspecified atom stereocenters. The molecule has 0 heterocycles. The average molecular weight is 1600 g/mol. The largest absolute Gasteiger partial charge is 0.559 e. The second-order valence-electron chi connectivity index (χ2n) is 19.3. The highest BCUT2D eigenvalue weighted by atomic mass is 32.2. The first-order valence-corrected chi connectivity index (χ1v) is 34.6. The van der Waals surface area contributed by atoms with Crippen LogP contribution in [0.4, 0.5) is 105 Å². The van der Waals surface area contributed by atoms with Crippen LogP contribution in [-0.4, -0.2) is 40.1 Å². The molecule has 0 spiro atoms. The number of halogens is 24. The summed E-state index contributed by atoms with van der Waals surface area (Å²) in [5, 5.41) is 0. The smallest absolute Gasteiger partial charge is 0.379 e. The van der Waals surface area contributed by atoms with Crippen molar-refractivity contribution in [3.05, 3.63) is 274 Å². The Bertz CT molecular complexity index is 4650. The van der Waals surface area contributed by atoms with Gasteiger partial charge in [-0.05, 0) is 121 Å². The molecule has 0 aliphatic rings. The predicted octanol–water partition coefficient (Wildman–Crippen LogP) is 16.9. The Kier molecular flexibility index (Phi) is 23.5. The van der Waals surface area contributed by atoms with E-state index in [1.54, 1.807) is 60.7 Å². The summed E-state index contributed by atoms with van der Waals surface area (Å²) < 4.78 is 433. The van der Waals surface area contributed by atoms with Crippen LogP contribution in [0, 0.1) is 116 Å². The third-order valence-electron chi connectivity index (χ3n) is 12.7. The van der Waals surface area contributed by atoms with Crippen molar-refractivity contribution in [1.29, 1.82) is 0 Å². The first-order valence-electron chi connectivity index (χ1n) is 26.5. The third kappa shape index (κ3) is 17.0. The van der Waals surface area contributed by atoms with Crippen molar-refractivity contribution >= 4 is 62.3 Å². The van der Waals surface area contributed by atoms with Crippen molar-refractivity contribution in [2.75, 3.05) is 0 Å². The lowest BCUT2D eigenvalue weighted by atomic mass is 10.3. The van der Waals surface area contributed by atoms with Crippen molar-refractivity contribution in [3.63, 3.8) is 0 Å². The molecule has 10 aromatic carbocycles. The number of hydrogen-bond donors (Lipinski definition) is 0. The van der Waals surface area contributed by atoms with Crippen LogP contribution in [0.25, 0.3) is 0 Å². The van der Waals surface area contributed by atoms with Gasteiger partial charge in [0.2, 0.25) is 23.3 Å². The zero-order valence-electron chi connectivity index (χ0n) is 48.9. The van der Waals surface area contributed by atoms with Gasteiger partial charge in [0.15, 0.2) is 142 Å². The molecule has 0 aliphatic heterocycles. The van der Waals surface area contributed by atoms with E-state index >= 15 is 0 Å². The Morgan fingerprint density at radius 1 is 0.204 bits per heavy atom. The summed E-state index contributed by atoms with van der Waals surface area (Å²) in [6, 6.07) is 35.0. The van der Waals surface area contributed by atoms with Gasteiger partial charge in [-0.3, -0.25) is 0 Å². The van der Waals surface area contributed by atoms with Gasteiger partial charge in [0, 0.05) is 0 Å². The maximum Gasteiger partial charge on any atom is 0.559 e. The number of benzene rings is 10. The monoisotopic (exact) mass is 1600 g/mol. The Morgan fingerprint density at radius 2 is 0.330 bits per heavy atom. The molecule has 0 saturated heterocycles. The quantitative estimate of drug-likeness (QED) is 0.0262. The fourth-order valence-corrected chi connectivity index (χ4v) is 16.7. The number of rotatable bonds is 18. The summed E-state index contributed by atoms with van der Waals surface area (Å²) in [7, 11) is -24.6. The van der Waals surface area contributed by atoms with Crippen molar-refractivity contribution in [1.82, 2.24) is 0 Å². The lowest BCUT2D eigenvalue weighted by Gasteiger charge is -2.12. The summed E-state index contributed by atoms with van der Waals surface area (Å²) in [5.74, 6) is -53.8. The average Bonchev–Trinajstić information content (AvgIpc) is 0.780. The fraction of sp³-hybridized carbons (Fsp3) is 0.0164. The molecule has 0 amide bonds. The van der Waals surface area contributed by atoms with Crippen molar-refractivity contribution in [2.45, 2.75) is 55.4 Å². The van der Waals surface area contributed by atoms with E-state index in [0.717, 1.165) is 48.5 Å². The van der Waals surface area contributed by atoms with Gasteiger partial charge in [-0.1, -0.05) is 36.4 Å². The van der Waals surface area contributed by atoms with E-state index in [9.17, 15) is 139 Å². The van der Waals surface area contributed by atoms with Crippen LogP contribution < -0.4 is 16.7 Å². The van der Waals surface area contributed by atoms with Gasteiger partial charge in [-0.15, -0.1) is 17.6 Å². The molecule has 0 N–H and O–H groups in total. The molecule has 0 aromatic heterocycles.